The van der Waals surface area contributed by atoms with Gasteiger partial charge >= 0.3 is 0 Å². The van der Waals surface area contributed by atoms with Crippen LogP contribution < -0.4 is 0 Å². The van der Waals surface area contributed by atoms with Crippen molar-refractivity contribution >= 4 is 9.84 Å². The highest BCUT2D eigenvalue weighted by Gasteiger charge is 2.15. The standard InChI is InChI=1S/C15H23NO2S.C2H6/c1-14-6-8-15(9-7-14)19(17,18)13-5-12-16-10-3-2-4-11-16;1-2/h6-9H,2-5,10-13H2,1H3;1-2H3. The molecule has 1 aromatic rings. The van der Waals surface area contributed by atoms with Crippen molar-refractivity contribution < 1.29 is 8.42 Å². The minimum Gasteiger partial charge on any atom is -0.303 e. The molecule has 120 valence electrons. The normalized spacial score (nSPS) is 16.1. The second-order valence-electron chi connectivity index (χ2n) is 5.39. The lowest BCUT2D eigenvalue weighted by molar-refractivity contribution is 0.229. The quantitative estimate of drug-likeness (QED) is 0.832. The molecule has 0 atom stereocenters. The summed E-state index contributed by atoms with van der Waals surface area (Å²) in [6.45, 7) is 9.13. The Kier molecular flexibility index (Phi) is 7.97. The van der Waals surface area contributed by atoms with Crippen LogP contribution in [0.4, 0.5) is 0 Å². The van der Waals surface area contributed by atoms with Gasteiger partial charge in [0.2, 0.25) is 0 Å². The van der Waals surface area contributed by atoms with E-state index in [1.54, 1.807) is 12.1 Å². The van der Waals surface area contributed by atoms with Gasteiger partial charge in [-0.3, -0.25) is 0 Å². The number of hydrogen-bond acceptors (Lipinski definition) is 3. The van der Waals surface area contributed by atoms with Crippen LogP contribution in [-0.2, 0) is 9.84 Å². The molecule has 0 N–H and O–H groups in total. The minimum atomic E-state index is -3.10. The molecule has 0 aromatic heterocycles. The Morgan fingerprint density at radius 1 is 1.00 bits per heavy atom. The van der Waals surface area contributed by atoms with Crippen LogP contribution in [-0.4, -0.2) is 38.7 Å². The van der Waals surface area contributed by atoms with Crippen LogP contribution in [0, 0.1) is 6.92 Å². The average Bonchev–Trinajstić information content (AvgIpc) is 2.51. The van der Waals surface area contributed by atoms with Gasteiger partial charge in [-0.05, 0) is 58.0 Å². The lowest BCUT2D eigenvalue weighted by atomic mass is 10.1. The Balaban J connectivity index is 0.00000106. The number of sulfone groups is 1. The molecule has 1 aliphatic heterocycles. The number of likely N-dealkylation sites (tertiary alicyclic amines) is 1. The maximum absolute atomic E-state index is 12.2. The number of piperidine rings is 1. The van der Waals surface area contributed by atoms with E-state index in [1.165, 1.54) is 19.3 Å². The Morgan fingerprint density at radius 3 is 2.14 bits per heavy atom. The Morgan fingerprint density at radius 2 is 1.57 bits per heavy atom. The molecule has 0 unspecified atom stereocenters. The summed E-state index contributed by atoms with van der Waals surface area (Å²) in [5, 5.41) is 0. The van der Waals surface area contributed by atoms with Gasteiger partial charge in [-0.1, -0.05) is 38.0 Å². The van der Waals surface area contributed by atoms with Crippen molar-refractivity contribution in [3.63, 3.8) is 0 Å². The second-order valence-corrected chi connectivity index (χ2v) is 7.50. The molecule has 3 nitrogen and oxygen atoms in total. The molecule has 1 aliphatic rings. The molecule has 2 rings (SSSR count). The first-order valence-corrected chi connectivity index (χ1v) is 9.75. The molecular formula is C17H29NO2S. The molecule has 4 heteroatoms. The average molecular weight is 311 g/mol. The van der Waals surface area contributed by atoms with Crippen molar-refractivity contribution in [2.45, 2.75) is 51.3 Å². The highest BCUT2D eigenvalue weighted by Crippen LogP contribution is 2.14. The molecule has 21 heavy (non-hydrogen) atoms. The number of nitrogens with zero attached hydrogens (tertiary/aromatic N) is 1. The summed E-state index contributed by atoms with van der Waals surface area (Å²) in [6, 6.07) is 7.14. The van der Waals surface area contributed by atoms with Crippen molar-refractivity contribution in [1.29, 1.82) is 0 Å². The van der Waals surface area contributed by atoms with Gasteiger partial charge in [-0.25, -0.2) is 8.42 Å². The van der Waals surface area contributed by atoms with Crippen molar-refractivity contribution in [2.24, 2.45) is 0 Å². The zero-order valence-corrected chi connectivity index (χ0v) is 14.5. The molecule has 0 aliphatic carbocycles. The Hall–Kier alpha value is -0.870. The van der Waals surface area contributed by atoms with E-state index >= 15 is 0 Å². The predicted molar refractivity (Wildman–Crippen MR) is 89.5 cm³/mol. The third-order valence-electron chi connectivity index (χ3n) is 3.72. The monoisotopic (exact) mass is 311 g/mol. The number of rotatable bonds is 5. The molecule has 0 amide bonds. The summed E-state index contributed by atoms with van der Waals surface area (Å²) >= 11 is 0. The number of hydrogen-bond donors (Lipinski definition) is 0. The van der Waals surface area contributed by atoms with Crippen molar-refractivity contribution in [3.05, 3.63) is 29.8 Å². The van der Waals surface area contributed by atoms with Gasteiger partial charge in [-0.2, -0.15) is 0 Å². The molecule has 1 heterocycles. The predicted octanol–water partition coefficient (Wildman–Crippen LogP) is 3.67. The van der Waals surface area contributed by atoms with Crippen LogP contribution in [0.3, 0.4) is 0 Å². The van der Waals surface area contributed by atoms with Crippen molar-refractivity contribution in [3.8, 4) is 0 Å². The number of aryl methyl sites for hydroxylation is 1. The largest absolute Gasteiger partial charge is 0.303 e. The fourth-order valence-corrected chi connectivity index (χ4v) is 3.82. The highest BCUT2D eigenvalue weighted by atomic mass is 32.2. The summed E-state index contributed by atoms with van der Waals surface area (Å²) in [4.78, 5) is 2.84. The van der Waals surface area contributed by atoms with Crippen molar-refractivity contribution in [2.75, 3.05) is 25.4 Å². The topological polar surface area (TPSA) is 37.4 Å². The number of benzene rings is 1. The lowest BCUT2D eigenvalue weighted by Crippen LogP contribution is -2.31. The fourth-order valence-electron chi connectivity index (χ4n) is 2.52. The van der Waals surface area contributed by atoms with Crippen LogP contribution in [0.2, 0.25) is 0 Å². The van der Waals surface area contributed by atoms with Gasteiger partial charge in [-0.15, -0.1) is 0 Å². The third-order valence-corrected chi connectivity index (χ3v) is 5.53. The van der Waals surface area contributed by atoms with E-state index in [9.17, 15) is 8.42 Å². The molecule has 1 aromatic carbocycles. The maximum atomic E-state index is 12.2. The fraction of sp³-hybridized carbons (Fsp3) is 0.647. The summed E-state index contributed by atoms with van der Waals surface area (Å²) in [6.07, 6.45) is 4.56. The summed E-state index contributed by atoms with van der Waals surface area (Å²) in [7, 11) is -3.10. The van der Waals surface area contributed by atoms with Crippen LogP contribution in [0.5, 0.6) is 0 Å². The molecule has 0 spiro atoms. The van der Waals surface area contributed by atoms with Gasteiger partial charge in [0, 0.05) is 0 Å². The first kappa shape index (κ1) is 18.2. The molecule has 1 saturated heterocycles. The van der Waals surface area contributed by atoms with E-state index in [1.807, 2.05) is 32.9 Å². The van der Waals surface area contributed by atoms with Crippen molar-refractivity contribution in [1.82, 2.24) is 4.90 Å². The minimum absolute atomic E-state index is 0.257. The Bertz CT molecular complexity index is 488. The zero-order valence-electron chi connectivity index (χ0n) is 13.6. The first-order chi connectivity index (χ1) is 10.1. The van der Waals surface area contributed by atoms with E-state index in [2.05, 4.69) is 4.90 Å². The third kappa shape index (κ3) is 6.18. The van der Waals surface area contributed by atoms with Gasteiger partial charge in [0.05, 0.1) is 10.6 Å². The molecule has 0 radical (unpaired) electrons. The molecule has 1 fully saturated rings. The van der Waals surface area contributed by atoms with E-state index in [-0.39, 0.29) is 5.75 Å². The maximum Gasteiger partial charge on any atom is 0.178 e. The van der Waals surface area contributed by atoms with Gasteiger partial charge in [0.25, 0.3) is 0 Å². The summed E-state index contributed by atoms with van der Waals surface area (Å²) in [5.41, 5.74) is 1.09. The van der Waals surface area contributed by atoms with Crippen LogP contribution in [0.25, 0.3) is 0 Å². The van der Waals surface area contributed by atoms with E-state index in [0.717, 1.165) is 31.6 Å². The van der Waals surface area contributed by atoms with E-state index < -0.39 is 9.84 Å². The SMILES string of the molecule is CC.Cc1ccc(S(=O)(=O)CCCN2CCCCC2)cc1. The van der Waals surface area contributed by atoms with E-state index in [0.29, 0.717) is 4.90 Å². The van der Waals surface area contributed by atoms with Crippen LogP contribution >= 0.6 is 0 Å². The van der Waals surface area contributed by atoms with Crippen LogP contribution in [0.15, 0.2) is 29.2 Å². The Labute approximate surface area is 130 Å². The molecule has 0 bridgehead atoms. The lowest BCUT2D eigenvalue weighted by Gasteiger charge is -2.26. The van der Waals surface area contributed by atoms with Gasteiger partial charge in [0.1, 0.15) is 0 Å². The summed E-state index contributed by atoms with van der Waals surface area (Å²) < 4.78 is 24.3. The highest BCUT2D eigenvalue weighted by molar-refractivity contribution is 7.91. The second kappa shape index (κ2) is 9.21. The first-order valence-electron chi connectivity index (χ1n) is 8.10. The molecular weight excluding hydrogens is 282 g/mol. The van der Waals surface area contributed by atoms with Crippen LogP contribution in [0.1, 0.15) is 45.1 Å². The van der Waals surface area contributed by atoms with E-state index in [4.69, 9.17) is 0 Å². The zero-order chi connectivity index (χ0) is 15.7. The molecule has 0 saturated carbocycles. The van der Waals surface area contributed by atoms with Gasteiger partial charge in [0.15, 0.2) is 9.84 Å². The smallest absolute Gasteiger partial charge is 0.178 e. The van der Waals surface area contributed by atoms with Gasteiger partial charge < -0.3 is 4.90 Å². The summed E-state index contributed by atoms with van der Waals surface area (Å²) in [5.74, 6) is 0.257.